The highest BCUT2D eigenvalue weighted by atomic mass is 32.1. The summed E-state index contributed by atoms with van der Waals surface area (Å²) in [6.45, 7) is 3.87. The van der Waals surface area contributed by atoms with E-state index in [4.69, 9.17) is 12.2 Å². The fourth-order valence-electron chi connectivity index (χ4n) is 1.88. The molecule has 2 N–H and O–H groups in total. The topological polar surface area (TPSA) is 80.1 Å². The summed E-state index contributed by atoms with van der Waals surface area (Å²) < 4.78 is 0. The van der Waals surface area contributed by atoms with Crippen LogP contribution in [-0.2, 0) is 0 Å². The van der Waals surface area contributed by atoms with Crippen LogP contribution in [0, 0.1) is 24.0 Å². The maximum atomic E-state index is 10.7. The Kier molecular flexibility index (Phi) is 4.44. The molecule has 0 atom stereocenters. The summed E-state index contributed by atoms with van der Waals surface area (Å²) >= 11 is 5.18. The van der Waals surface area contributed by atoms with Crippen molar-refractivity contribution < 1.29 is 4.92 Å². The molecule has 1 aromatic carbocycles. The van der Waals surface area contributed by atoms with E-state index in [1.165, 1.54) is 12.1 Å². The number of aryl methyl sites for hydroxylation is 2. The van der Waals surface area contributed by atoms with Crippen molar-refractivity contribution in [2.45, 2.75) is 13.8 Å². The summed E-state index contributed by atoms with van der Waals surface area (Å²) in [4.78, 5) is 14.6. The van der Waals surface area contributed by atoms with Crippen LogP contribution in [0.3, 0.4) is 0 Å². The molecule has 0 aliphatic carbocycles. The SMILES string of the molecule is Cc1cc(C)nc(NC(=S)Nc2cccc([N+](=O)[O-])c2)c1. The molecule has 7 heteroatoms. The number of nitro benzene ring substituents is 1. The molecule has 2 aromatic rings. The lowest BCUT2D eigenvalue weighted by Gasteiger charge is -2.10. The van der Waals surface area contributed by atoms with E-state index in [0.29, 0.717) is 16.6 Å². The third-order valence-corrected chi connectivity index (χ3v) is 2.86. The van der Waals surface area contributed by atoms with Gasteiger partial charge in [-0.1, -0.05) is 6.07 Å². The summed E-state index contributed by atoms with van der Waals surface area (Å²) in [5.41, 5.74) is 2.51. The maximum absolute atomic E-state index is 10.7. The summed E-state index contributed by atoms with van der Waals surface area (Å²) in [7, 11) is 0. The van der Waals surface area contributed by atoms with Crippen LogP contribution in [0.4, 0.5) is 17.2 Å². The lowest BCUT2D eigenvalue weighted by Crippen LogP contribution is -2.20. The summed E-state index contributed by atoms with van der Waals surface area (Å²) in [5.74, 6) is 0.635. The minimum Gasteiger partial charge on any atom is -0.332 e. The normalized spacial score (nSPS) is 10.0. The second-order valence-corrected chi connectivity index (χ2v) is 4.97. The van der Waals surface area contributed by atoms with Crippen molar-refractivity contribution in [3.8, 4) is 0 Å². The fourth-order valence-corrected chi connectivity index (χ4v) is 2.10. The minimum absolute atomic E-state index is 0.00678. The number of pyridine rings is 1. The van der Waals surface area contributed by atoms with Crippen LogP contribution in [0.25, 0.3) is 0 Å². The first-order valence-electron chi connectivity index (χ1n) is 6.22. The number of rotatable bonds is 3. The van der Waals surface area contributed by atoms with Gasteiger partial charge in [0.25, 0.3) is 5.69 Å². The molecule has 21 heavy (non-hydrogen) atoms. The second kappa shape index (κ2) is 6.27. The van der Waals surface area contributed by atoms with Crippen molar-refractivity contribution in [1.29, 1.82) is 0 Å². The number of non-ortho nitro benzene ring substituents is 1. The van der Waals surface area contributed by atoms with Gasteiger partial charge in [0.05, 0.1) is 4.92 Å². The Balaban J connectivity index is 2.08. The predicted molar refractivity (Wildman–Crippen MR) is 86.7 cm³/mol. The number of anilines is 2. The Morgan fingerprint density at radius 1 is 1.24 bits per heavy atom. The number of hydrogen-bond acceptors (Lipinski definition) is 4. The summed E-state index contributed by atoms with van der Waals surface area (Å²) in [6, 6.07) is 9.97. The molecule has 108 valence electrons. The highest BCUT2D eigenvalue weighted by molar-refractivity contribution is 7.80. The van der Waals surface area contributed by atoms with E-state index >= 15 is 0 Å². The van der Waals surface area contributed by atoms with Gasteiger partial charge in [-0.2, -0.15) is 0 Å². The van der Waals surface area contributed by atoms with Gasteiger partial charge in [-0.25, -0.2) is 4.98 Å². The molecule has 1 aromatic heterocycles. The van der Waals surface area contributed by atoms with E-state index in [9.17, 15) is 10.1 Å². The Hall–Kier alpha value is -2.54. The van der Waals surface area contributed by atoms with Crippen LogP contribution >= 0.6 is 12.2 Å². The van der Waals surface area contributed by atoms with Gasteiger partial charge in [0.15, 0.2) is 5.11 Å². The standard InChI is InChI=1S/C14H14N4O2S/c1-9-6-10(2)15-13(7-9)17-14(21)16-11-4-3-5-12(8-11)18(19)20/h3-8H,1-2H3,(H2,15,16,17,21). The Bertz CT molecular complexity index is 683. The molecule has 0 amide bonds. The molecule has 0 spiro atoms. The van der Waals surface area contributed by atoms with Gasteiger partial charge in [-0.05, 0) is 49.8 Å². The van der Waals surface area contributed by atoms with E-state index in [1.807, 2.05) is 26.0 Å². The molecule has 0 saturated heterocycles. The predicted octanol–water partition coefficient (Wildman–Crippen LogP) is 3.42. The molecule has 0 saturated carbocycles. The van der Waals surface area contributed by atoms with Gasteiger partial charge in [-0.3, -0.25) is 10.1 Å². The van der Waals surface area contributed by atoms with Crippen LogP contribution < -0.4 is 10.6 Å². The molecule has 0 unspecified atom stereocenters. The van der Waals surface area contributed by atoms with Crippen molar-refractivity contribution in [2.24, 2.45) is 0 Å². The molecule has 2 rings (SSSR count). The Morgan fingerprint density at radius 3 is 2.67 bits per heavy atom. The highest BCUT2D eigenvalue weighted by Crippen LogP contribution is 2.17. The number of nitro groups is 1. The lowest BCUT2D eigenvalue weighted by atomic mass is 10.2. The monoisotopic (exact) mass is 302 g/mol. The first-order valence-corrected chi connectivity index (χ1v) is 6.62. The average molecular weight is 302 g/mol. The molecule has 0 aliphatic heterocycles. The zero-order valence-corrected chi connectivity index (χ0v) is 12.4. The second-order valence-electron chi connectivity index (χ2n) is 4.56. The smallest absolute Gasteiger partial charge is 0.271 e. The van der Waals surface area contributed by atoms with Gasteiger partial charge in [0, 0.05) is 23.5 Å². The van der Waals surface area contributed by atoms with Gasteiger partial charge in [-0.15, -0.1) is 0 Å². The van der Waals surface area contributed by atoms with Crippen LogP contribution in [0.5, 0.6) is 0 Å². The van der Waals surface area contributed by atoms with Crippen molar-refractivity contribution in [1.82, 2.24) is 4.98 Å². The molecule has 0 radical (unpaired) electrons. The van der Waals surface area contributed by atoms with E-state index in [-0.39, 0.29) is 5.69 Å². The molecule has 0 fully saturated rings. The van der Waals surface area contributed by atoms with Crippen LogP contribution in [0.15, 0.2) is 36.4 Å². The van der Waals surface area contributed by atoms with Crippen LogP contribution in [0.1, 0.15) is 11.3 Å². The van der Waals surface area contributed by atoms with E-state index in [0.717, 1.165) is 11.3 Å². The minimum atomic E-state index is -0.451. The molecule has 6 nitrogen and oxygen atoms in total. The first-order chi connectivity index (χ1) is 9.94. The number of thiocarbonyl (C=S) groups is 1. The quantitative estimate of drug-likeness (QED) is 0.514. The number of aromatic nitrogens is 1. The summed E-state index contributed by atoms with van der Waals surface area (Å²) in [5, 5.41) is 16.9. The zero-order valence-electron chi connectivity index (χ0n) is 11.6. The van der Waals surface area contributed by atoms with E-state index in [1.54, 1.807) is 12.1 Å². The average Bonchev–Trinajstić information content (AvgIpc) is 2.37. The van der Waals surface area contributed by atoms with Gasteiger partial charge >= 0.3 is 0 Å². The molecular weight excluding hydrogens is 288 g/mol. The Morgan fingerprint density at radius 2 is 2.00 bits per heavy atom. The number of benzene rings is 1. The molecule has 0 aliphatic rings. The summed E-state index contributed by atoms with van der Waals surface area (Å²) in [6.07, 6.45) is 0. The maximum Gasteiger partial charge on any atom is 0.271 e. The molecule has 0 bridgehead atoms. The van der Waals surface area contributed by atoms with Crippen molar-refractivity contribution in [2.75, 3.05) is 10.6 Å². The van der Waals surface area contributed by atoms with Crippen LogP contribution in [-0.4, -0.2) is 15.0 Å². The Labute approximate surface area is 127 Å². The van der Waals surface area contributed by atoms with Crippen molar-refractivity contribution in [3.63, 3.8) is 0 Å². The van der Waals surface area contributed by atoms with E-state index in [2.05, 4.69) is 15.6 Å². The zero-order chi connectivity index (χ0) is 15.4. The largest absolute Gasteiger partial charge is 0.332 e. The third kappa shape index (κ3) is 4.22. The van der Waals surface area contributed by atoms with Crippen molar-refractivity contribution in [3.05, 3.63) is 57.8 Å². The highest BCUT2D eigenvalue weighted by Gasteiger charge is 2.07. The van der Waals surface area contributed by atoms with Crippen molar-refractivity contribution >= 4 is 34.5 Å². The number of nitrogens with zero attached hydrogens (tertiary/aromatic N) is 2. The van der Waals surface area contributed by atoms with Crippen LogP contribution in [0.2, 0.25) is 0 Å². The third-order valence-electron chi connectivity index (χ3n) is 2.65. The van der Waals surface area contributed by atoms with Gasteiger partial charge in [0.2, 0.25) is 0 Å². The van der Waals surface area contributed by atoms with Gasteiger partial charge in [0.1, 0.15) is 5.82 Å². The fraction of sp³-hybridized carbons (Fsp3) is 0.143. The first kappa shape index (κ1) is 14.9. The number of hydrogen-bond donors (Lipinski definition) is 2. The molecule has 1 heterocycles. The molecular formula is C14H14N4O2S. The lowest BCUT2D eigenvalue weighted by molar-refractivity contribution is -0.384. The number of nitrogens with one attached hydrogen (secondary N) is 2. The van der Waals surface area contributed by atoms with E-state index < -0.39 is 4.92 Å². The van der Waals surface area contributed by atoms with Gasteiger partial charge < -0.3 is 10.6 Å².